The fourth-order valence-electron chi connectivity index (χ4n) is 2.51. The van der Waals surface area contributed by atoms with Gasteiger partial charge in [0.1, 0.15) is 11.9 Å². The van der Waals surface area contributed by atoms with Crippen LogP contribution in [0, 0.1) is 0 Å². The fourth-order valence-corrected chi connectivity index (χ4v) is 2.51. The van der Waals surface area contributed by atoms with Crippen molar-refractivity contribution < 1.29 is 4.74 Å². The molecule has 0 bridgehead atoms. The van der Waals surface area contributed by atoms with Gasteiger partial charge in [0, 0.05) is 6.04 Å². The van der Waals surface area contributed by atoms with Crippen LogP contribution in [0.4, 0.5) is 0 Å². The third-order valence-corrected chi connectivity index (χ3v) is 3.45. The summed E-state index contributed by atoms with van der Waals surface area (Å²) in [5.41, 5.74) is 5.89. The van der Waals surface area contributed by atoms with E-state index >= 15 is 0 Å². The molecule has 0 saturated heterocycles. The first-order valence-corrected chi connectivity index (χ1v) is 6.22. The van der Waals surface area contributed by atoms with Crippen LogP contribution >= 0.6 is 0 Å². The predicted octanol–water partition coefficient (Wildman–Crippen LogP) is 3.10. The van der Waals surface area contributed by atoms with Crippen molar-refractivity contribution in [3.8, 4) is 5.75 Å². The molecule has 0 heterocycles. The van der Waals surface area contributed by atoms with Gasteiger partial charge >= 0.3 is 0 Å². The standard InChI is InChI=1S/C15H17NO/c16-13-6-8-15(10-13)17-14-7-5-11-3-1-2-4-12(11)9-14/h1-5,7,9,13,15H,6,8,10,16H2. The van der Waals surface area contributed by atoms with Crippen LogP contribution in [0.15, 0.2) is 42.5 Å². The molecule has 0 aromatic heterocycles. The lowest BCUT2D eigenvalue weighted by Gasteiger charge is -2.13. The highest BCUT2D eigenvalue weighted by atomic mass is 16.5. The minimum Gasteiger partial charge on any atom is -0.490 e. The topological polar surface area (TPSA) is 35.2 Å². The minimum absolute atomic E-state index is 0.297. The summed E-state index contributed by atoms with van der Waals surface area (Å²) >= 11 is 0. The highest BCUT2D eigenvalue weighted by Gasteiger charge is 2.23. The monoisotopic (exact) mass is 227 g/mol. The molecule has 2 atom stereocenters. The van der Waals surface area contributed by atoms with Crippen LogP contribution in [-0.2, 0) is 0 Å². The van der Waals surface area contributed by atoms with E-state index in [1.165, 1.54) is 10.8 Å². The molecule has 2 heteroatoms. The second-order valence-electron chi connectivity index (χ2n) is 4.82. The van der Waals surface area contributed by atoms with Gasteiger partial charge in [-0.05, 0) is 42.2 Å². The SMILES string of the molecule is NC1CCC(Oc2ccc3ccccc3c2)C1. The lowest BCUT2D eigenvalue weighted by Crippen LogP contribution is -2.19. The van der Waals surface area contributed by atoms with Gasteiger partial charge in [0.25, 0.3) is 0 Å². The molecule has 2 aromatic carbocycles. The van der Waals surface area contributed by atoms with Crippen molar-refractivity contribution in [2.75, 3.05) is 0 Å². The summed E-state index contributed by atoms with van der Waals surface area (Å²) in [6.07, 6.45) is 3.44. The Balaban J connectivity index is 1.81. The molecule has 0 amide bonds. The van der Waals surface area contributed by atoms with Crippen molar-refractivity contribution in [1.29, 1.82) is 0 Å². The zero-order chi connectivity index (χ0) is 11.7. The normalized spacial score (nSPS) is 24.1. The van der Waals surface area contributed by atoms with Crippen LogP contribution in [0.1, 0.15) is 19.3 Å². The third kappa shape index (κ3) is 2.27. The zero-order valence-electron chi connectivity index (χ0n) is 9.80. The molecule has 88 valence electrons. The Kier molecular flexibility index (Phi) is 2.73. The number of ether oxygens (including phenoxy) is 1. The number of hydrogen-bond donors (Lipinski definition) is 1. The van der Waals surface area contributed by atoms with Gasteiger partial charge in [-0.25, -0.2) is 0 Å². The van der Waals surface area contributed by atoms with E-state index in [1.54, 1.807) is 0 Å². The van der Waals surface area contributed by atoms with Crippen LogP contribution in [-0.4, -0.2) is 12.1 Å². The van der Waals surface area contributed by atoms with Crippen LogP contribution < -0.4 is 10.5 Å². The van der Waals surface area contributed by atoms with Gasteiger partial charge < -0.3 is 10.5 Å². The van der Waals surface area contributed by atoms with Gasteiger partial charge in [-0.3, -0.25) is 0 Å². The van der Waals surface area contributed by atoms with Crippen LogP contribution in [0.3, 0.4) is 0 Å². The number of hydrogen-bond acceptors (Lipinski definition) is 2. The summed E-state index contributed by atoms with van der Waals surface area (Å²) in [7, 11) is 0. The van der Waals surface area contributed by atoms with Gasteiger partial charge in [-0.15, -0.1) is 0 Å². The third-order valence-electron chi connectivity index (χ3n) is 3.45. The highest BCUT2D eigenvalue weighted by molar-refractivity contribution is 5.83. The fraction of sp³-hybridized carbons (Fsp3) is 0.333. The Bertz CT molecular complexity index is 523. The first-order chi connectivity index (χ1) is 8.31. The van der Waals surface area contributed by atoms with Gasteiger partial charge in [0.2, 0.25) is 0 Å². The minimum atomic E-state index is 0.297. The van der Waals surface area contributed by atoms with Crippen molar-refractivity contribution in [2.24, 2.45) is 5.73 Å². The number of fused-ring (bicyclic) bond motifs is 1. The summed E-state index contributed by atoms with van der Waals surface area (Å²) in [5.74, 6) is 0.961. The first-order valence-electron chi connectivity index (χ1n) is 6.22. The number of benzene rings is 2. The lowest BCUT2D eigenvalue weighted by molar-refractivity contribution is 0.208. The van der Waals surface area contributed by atoms with E-state index in [0.717, 1.165) is 25.0 Å². The van der Waals surface area contributed by atoms with E-state index in [2.05, 4.69) is 36.4 Å². The van der Waals surface area contributed by atoms with Crippen molar-refractivity contribution in [2.45, 2.75) is 31.4 Å². The average molecular weight is 227 g/mol. The average Bonchev–Trinajstić information content (AvgIpc) is 2.75. The molecule has 2 aromatic rings. The largest absolute Gasteiger partial charge is 0.490 e. The molecule has 2 nitrogen and oxygen atoms in total. The predicted molar refractivity (Wildman–Crippen MR) is 70.2 cm³/mol. The Morgan fingerprint density at radius 2 is 1.82 bits per heavy atom. The lowest BCUT2D eigenvalue weighted by atomic mass is 10.1. The van der Waals surface area contributed by atoms with E-state index < -0.39 is 0 Å². The molecule has 1 aliphatic carbocycles. The van der Waals surface area contributed by atoms with Crippen molar-refractivity contribution in [3.05, 3.63) is 42.5 Å². The van der Waals surface area contributed by atoms with Crippen molar-refractivity contribution in [1.82, 2.24) is 0 Å². The van der Waals surface area contributed by atoms with Crippen molar-refractivity contribution in [3.63, 3.8) is 0 Å². The molecule has 2 unspecified atom stereocenters. The summed E-state index contributed by atoms with van der Waals surface area (Å²) < 4.78 is 5.97. The quantitative estimate of drug-likeness (QED) is 0.855. The Morgan fingerprint density at radius 3 is 2.59 bits per heavy atom. The van der Waals surface area contributed by atoms with Crippen molar-refractivity contribution >= 4 is 10.8 Å². The zero-order valence-corrected chi connectivity index (χ0v) is 9.80. The van der Waals surface area contributed by atoms with E-state index in [4.69, 9.17) is 10.5 Å². The molecule has 1 saturated carbocycles. The molecular formula is C15H17NO. The summed E-state index contributed by atoms with van der Waals surface area (Å²) in [6.45, 7) is 0. The maximum Gasteiger partial charge on any atom is 0.120 e. The molecule has 3 rings (SSSR count). The maximum absolute atomic E-state index is 5.97. The molecule has 1 fully saturated rings. The van der Waals surface area contributed by atoms with Gasteiger partial charge in [-0.2, -0.15) is 0 Å². The van der Waals surface area contributed by atoms with Gasteiger partial charge in [-0.1, -0.05) is 30.3 Å². The van der Waals surface area contributed by atoms with Crippen LogP contribution in [0.25, 0.3) is 10.8 Å². The maximum atomic E-state index is 5.97. The Hall–Kier alpha value is -1.54. The van der Waals surface area contributed by atoms with Crippen LogP contribution in [0.5, 0.6) is 5.75 Å². The van der Waals surface area contributed by atoms with E-state index in [0.29, 0.717) is 12.1 Å². The molecular weight excluding hydrogens is 210 g/mol. The molecule has 2 N–H and O–H groups in total. The van der Waals surface area contributed by atoms with E-state index in [-0.39, 0.29) is 0 Å². The Morgan fingerprint density at radius 1 is 1.00 bits per heavy atom. The second kappa shape index (κ2) is 4.38. The van der Waals surface area contributed by atoms with E-state index in [1.807, 2.05) is 6.07 Å². The first kappa shape index (κ1) is 10.6. The summed E-state index contributed by atoms with van der Waals surface area (Å²) in [6, 6.07) is 14.9. The van der Waals surface area contributed by atoms with Crippen LogP contribution in [0.2, 0.25) is 0 Å². The second-order valence-corrected chi connectivity index (χ2v) is 4.82. The summed E-state index contributed by atoms with van der Waals surface area (Å²) in [4.78, 5) is 0. The molecule has 0 aliphatic heterocycles. The Labute approximate surface area is 101 Å². The van der Waals surface area contributed by atoms with Gasteiger partial charge in [0.05, 0.1) is 0 Å². The summed E-state index contributed by atoms with van der Waals surface area (Å²) in [5, 5.41) is 2.48. The smallest absolute Gasteiger partial charge is 0.120 e. The van der Waals surface area contributed by atoms with E-state index in [9.17, 15) is 0 Å². The molecule has 0 radical (unpaired) electrons. The highest BCUT2D eigenvalue weighted by Crippen LogP contribution is 2.26. The molecule has 17 heavy (non-hydrogen) atoms. The molecule has 0 spiro atoms. The molecule has 1 aliphatic rings. The number of nitrogens with two attached hydrogens (primary N) is 1. The van der Waals surface area contributed by atoms with Gasteiger partial charge in [0.15, 0.2) is 0 Å². The number of rotatable bonds is 2.